The van der Waals surface area contributed by atoms with E-state index in [4.69, 9.17) is 16.3 Å². The molecule has 1 heterocycles. The number of morpholine rings is 1. The molecular formula is C20H22ClFN2O2. The first kappa shape index (κ1) is 18.7. The molecule has 4 nitrogen and oxygen atoms in total. The van der Waals surface area contributed by atoms with E-state index in [2.05, 4.69) is 11.0 Å². The van der Waals surface area contributed by atoms with Gasteiger partial charge in [-0.15, -0.1) is 0 Å². The minimum atomic E-state index is -0.451. The topological polar surface area (TPSA) is 32.8 Å². The van der Waals surface area contributed by atoms with Gasteiger partial charge in [-0.2, -0.15) is 0 Å². The van der Waals surface area contributed by atoms with Gasteiger partial charge < -0.3 is 14.5 Å². The number of anilines is 1. The van der Waals surface area contributed by atoms with Gasteiger partial charge in [-0.1, -0.05) is 35.9 Å². The molecule has 26 heavy (non-hydrogen) atoms. The van der Waals surface area contributed by atoms with Gasteiger partial charge >= 0.3 is 0 Å². The summed E-state index contributed by atoms with van der Waals surface area (Å²) in [6, 6.07) is 12.5. The van der Waals surface area contributed by atoms with Crippen LogP contribution >= 0.6 is 11.6 Å². The van der Waals surface area contributed by atoms with Crippen LogP contribution in [0.1, 0.15) is 11.1 Å². The molecule has 1 amide bonds. The number of rotatable bonds is 5. The summed E-state index contributed by atoms with van der Waals surface area (Å²) < 4.78 is 19.3. The Bertz CT molecular complexity index is 758. The van der Waals surface area contributed by atoms with Crippen LogP contribution in [-0.2, 0) is 22.5 Å². The Morgan fingerprint density at radius 2 is 1.92 bits per heavy atom. The first-order valence-electron chi connectivity index (χ1n) is 8.63. The van der Waals surface area contributed by atoms with Gasteiger partial charge in [-0.25, -0.2) is 4.39 Å². The van der Waals surface area contributed by atoms with E-state index in [9.17, 15) is 9.18 Å². The largest absolute Gasteiger partial charge is 0.378 e. The Morgan fingerprint density at radius 1 is 1.19 bits per heavy atom. The van der Waals surface area contributed by atoms with Crippen molar-refractivity contribution in [2.24, 2.45) is 0 Å². The number of halogens is 2. The molecule has 1 fully saturated rings. The van der Waals surface area contributed by atoms with Crippen molar-refractivity contribution >= 4 is 23.2 Å². The number of nitrogens with zero attached hydrogens (tertiary/aromatic N) is 2. The van der Waals surface area contributed by atoms with Crippen molar-refractivity contribution in [3.05, 3.63) is 64.4 Å². The molecule has 0 aliphatic carbocycles. The monoisotopic (exact) mass is 376 g/mol. The Kier molecular flexibility index (Phi) is 6.12. The summed E-state index contributed by atoms with van der Waals surface area (Å²) in [4.78, 5) is 16.5. The number of amides is 1. The molecule has 3 rings (SSSR count). The molecule has 2 aromatic carbocycles. The highest BCUT2D eigenvalue weighted by Crippen LogP contribution is 2.24. The number of carbonyl (C=O) groups is 1. The molecule has 0 atom stereocenters. The molecule has 0 aromatic heterocycles. The second-order valence-corrected chi connectivity index (χ2v) is 6.76. The summed E-state index contributed by atoms with van der Waals surface area (Å²) in [6.45, 7) is 3.53. The SMILES string of the molecule is CN(Cc1ccccc1N1CCOCC1)C(=O)Cc1c(F)cccc1Cl. The molecule has 2 aromatic rings. The van der Waals surface area contributed by atoms with Gasteiger partial charge in [0.25, 0.3) is 0 Å². The lowest BCUT2D eigenvalue weighted by molar-refractivity contribution is -0.129. The van der Waals surface area contributed by atoms with E-state index in [1.165, 1.54) is 12.1 Å². The fraction of sp³-hybridized carbons (Fsp3) is 0.350. The molecule has 1 aliphatic heterocycles. The second kappa shape index (κ2) is 8.52. The quantitative estimate of drug-likeness (QED) is 0.800. The third kappa shape index (κ3) is 4.34. The van der Waals surface area contributed by atoms with Gasteiger partial charge in [0.1, 0.15) is 5.82 Å². The van der Waals surface area contributed by atoms with E-state index in [0.717, 1.165) is 24.3 Å². The minimum Gasteiger partial charge on any atom is -0.378 e. The number of benzene rings is 2. The van der Waals surface area contributed by atoms with Crippen LogP contribution in [0.3, 0.4) is 0 Å². The van der Waals surface area contributed by atoms with Crippen molar-refractivity contribution in [3.8, 4) is 0 Å². The predicted molar refractivity (Wildman–Crippen MR) is 101 cm³/mol. The van der Waals surface area contributed by atoms with Crippen LogP contribution in [0.15, 0.2) is 42.5 Å². The molecule has 138 valence electrons. The molecule has 0 radical (unpaired) electrons. The summed E-state index contributed by atoms with van der Waals surface area (Å²) in [7, 11) is 1.73. The highest BCUT2D eigenvalue weighted by molar-refractivity contribution is 6.31. The van der Waals surface area contributed by atoms with E-state index in [1.807, 2.05) is 18.2 Å². The zero-order valence-corrected chi connectivity index (χ0v) is 15.5. The zero-order valence-electron chi connectivity index (χ0n) is 14.8. The fourth-order valence-corrected chi connectivity index (χ4v) is 3.32. The van der Waals surface area contributed by atoms with Gasteiger partial charge in [-0.05, 0) is 23.8 Å². The van der Waals surface area contributed by atoms with Crippen LogP contribution in [0, 0.1) is 5.82 Å². The average Bonchev–Trinajstić information content (AvgIpc) is 2.66. The van der Waals surface area contributed by atoms with Gasteiger partial charge in [0.05, 0.1) is 19.6 Å². The van der Waals surface area contributed by atoms with E-state index in [0.29, 0.717) is 19.8 Å². The molecule has 0 spiro atoms. The van der Waals surface area contributed by atoms with Crippen molar-refractivity contribution < 1.29 is 13.9 Å². The van der Waals surface area contributed by atoms with Gasteiger partial charge in [0, 0.05) is 43.0 Å². The zero-order chi connectivity index (χ0) is 18.5. The highest BCUT2D eigenvalue weighted by atomic mass is 35.5. The van der Waals surface area contributed by atoms with Crippen LogP contribution in [0.25, 0.3) is 0 Å². The number of carbonyl (C=O) groups excluding carboxylic acids is 1. The van der Waals surface area contributed by atoms with Crippen molar-refractivity contribution in [1.29, 1.82) is 0 Å². The highest BCUT2D eigenvalue weighted by Gasteiger charge is 2.19. The summed E-state index contributed by atoms with van der Waals surface area (Å²) in [5.74, 6) is -0.623. The van der Waals surface area contributed by atoms with Gasteiger partial charge in [0.15, 0.2) is 0 Å². The molecule has 0 unspecified atom stereocenters. The number of ether oxygens (including phenoxy) is 1. The standard InChI is InChI=1S/C20H22ClFN2O2/c1-23(20(25)13-16-17(21)6-4-7-18(16)22)14-15-5-2-3-8-19(15)24-9-11-26-12-10-24/h2-8H,9-14H2,1H3. The average molecular weight is 377 g/mol. The molecule has 1 saturated heterocycles. The lowest BCUT2D eigenvalue weighted by Gasteiger charge is -2.31. The van der Waals surface area contributed by atoms with Crippen LogP contribution in [0.5, 0.6) is 0 Å². The second-order valence-electron chi connectivity index (χ2n) is 6.35. The Labute approximate surface area is 158 Å². The molecule has 0 bridgehead atoms. The summed E-state index contributed by atoms with van der Waals surface area (Å²) in [6.07, 6.45) is -0.0538. The Balaban J connectivity index is 1.71. The number of hydrogen-bond donors (Lipinski definition) is 0. The third-order valence-electron chi connectivity index (χ3n) is 4.57. The summed E-state index contributed by atoms with van der Waals surface area (Å²) in [5.41, 5.74) is 2.41. The van der Waals surface area contributed by atoms with Gasteiger partial charge in [0.2, 0.25) is 5.91 Å². The lowest BCUT2D eigenvalue weighted by atomic mass is 10.1. The molecule has 6 heteroatoms. The van der Waals surface area contributed by atoms with Crippen molar-refractivity contribution in [2.45, 2.75) is 13.0 Å². The first-order valence-corrected chi connectivity index (χ1v) is 9.01. The maximum absolute atomic E-state index is 13.9. The minimum absolute atomic E-state index is 0.0538. The van der Waals surface area contributed by atoms with E-state index in [1.54, 1.807) is 18.0 Å². The number of para-hydroxylation sites is 1. The van der Waals surface area contributed by atoms with E-state index >= 15 is 0 Å². The number of hydrogen-bond acceptors (Lipinski definition) is 3. The maximum Gasteiger partial charge on any atom is 0.227 e. The molecule has 0 saturated carbocycles. The van der Waals surface area contributed by atoms with Crippen molar-refractivity contribution in [2.75, 3.05) is 38.3 Å². The number of likely N-dealkylation sites (N-methyl/N-ethyl adjacent to an activating group) is 1. The van der Waals surface area contributed by atoms with Crippen LogP contribution < -0.4 is 4.90 Å². The van der Waals surface area contributed by atoms with Crippen molar-refractivity contribution in [3.63, 3.8) is 0 Å². The first-order chi connectivity index (χ1) is 12.6. The maximum atomic E-state index is 13.9. The van der Waals surface area contributed by atoms with Crippen LogP contribution in [-0.4, -0.2) is 44.2 Å². The van der Waals surface area contributed by atoms with E-state index < -0.39 is 5.82 Å². The van der Waals surface area contributed by atoms with Crippen LogP contribution in [0.2, 0.25) is 5.02 Å². The molecular weight excluding hydrogens is 355 g/mol. The Hall–Kier alpha value is -2.11. The third-order valence-corrected chi connectivity index (χ3v) is 4.92. The van der Waals surface area contributed by atoms with E-state index in [-0.39, 0.29) is 22.9 Å². The molecule has 0 N–H and O–H groups in total. The van der Waals surface area contributed by atoms with Crippen LogP contribution in [0.4, 0.5) is 10.1 Å². The smallest absolute Gasteiger partial charge is 0.227 e. The lowest BCUT2D eigenvalue weighted by Crippen LogP contribution is -2.37. The molecule has 1 aliphatic rings. The summed E-state index contributed by atoms with van der Waals surface area (Å²) >= 11 is 6.04. The van der Waals surface area contributed by atoms with Gasteiger partial charge in [-0.3, -0.25) is 4.79 Å². The Morgan fingerprint density at radius 3 is 2.65 bits per heavy atom. The summed E-state index contributed by atoms with van der Waals surface area (Å²) in [5, 5.41) is 0.278. The predicted octanol–water partition coefficient (Wildman–Crippen LogP) is 3.52. The van der Waals surface area contributed by atoms with Crippen molar-refractivity contribution in [1.82, 2.24) is 4.90 Å². The fourth-order valence-electron chi connectivity index (χ4n) is 3.09. The normalized spacial score (nSPS) is 14.3.